The Hall–Kier alpha value is -1.91. The molecule has 1 aromatic heterocycles. The van der Waals surface area contributed by atoms with E-state index in [4.69, 9.17) is 0 Å². The highest BCUT2D eigenvalue weighted by molar-refractivity contribution is 7.24. The third-order valence-electron chi connectivity index (χ3n) is 4.81. The van der Waals surface area contributed by atoms with E-state index in [-0.39, 0.29) is 5.43 Å². The smallest absolute Gasteiger partial charge is 0.197 e. The predicted molar refractivity (Wildman–Crippen MR) is 111 cm³/mol. The molecule has 0 unspecified atom stereocenters. The summed E-state index contributed by atoms with van der Waals surface area (Å²) in [5.74, 6) is 0. The Kier molecular flexibility index (Phi) is 5.40. The molecule has 1 N–H and O–H groups in total. The van der Waals surface area contributed by atoms with Crippen LogP contribution in [0.2, 0.25) is 0 Å². The number of hydrogen-bond donors (Lipinski definition) is 1. The van der Waals surface area contributed by atoms with Crippen LogP contribution in [0.15, 0.2) is 35.1 Å². The predicted octanol–water partition coefficient (Wildman–Crippen LogP) is 4.79. The molecule has 4 heteroatoms. The molecule has 0 bridgehead atoms. The molecule has 0 saturated heterocycles. The molecular weight excluding hydrogens is 328 g/mol. The molecule has 0 atom stereocenters. The second-order valence-electron chi connectivity index (χ2n) is 6.52. The van der Waals surface area contributed by atoms with E-state index in [1.54, 1.807) is 11.3 Å². The Morgan fingerprint density at radius 2 is 1.84 bits per heavy atom. The molecule has 3 aromatic rings. The molecule has 0 aliphatic heterocycles. The van der Waals surface area contributed by atoms with Gasteiger partial charge in [-0.1, -0.05) is 26.0 Å². The Morgan fingerprint density at radius 1 is 1.08 bits per heavy atom. The number of benzene rings is 2. The molecular formula is C21H26N2OS. The second kappa shape index (κ2) is 7.54. The van der Waals surface area contributed by atoms with Crippen molar-refractivity contribution in [2.24, 2.45) is 0 Å². The number of anilines is 1. The van der Waals surface area contributed by atoms with E-state index >= 15 is 0 Å². The molecule has 0 spiro atoms. The van der Waals surface area contributed by atoms with Crippen LogP contribution in [0.3, 0.4) is 0 Å². The van der Waals surface area contributed by atoms with Crippen molar-refractivity contribution in [3.63, 3.8) is 0 Å². The number of fused-ring (bicyclic) bond motifs is 2. The van der Waals surface area contributed by atoms with Crippen molar-refractivity contribution in [1.29, 1.82) is 0 Å². The van der Waals surface area contributed by atoms with Gasteiger partial charge in [0.05, 0.1) is 5.39 Å². The molecule has 0 aliphatic carbocycles. The first kappa shape index (κ1) is 17.9. The van der Waals surface area contributed by atoms with Crippen molar-refractivity contribution < 1.29 is 0 Å². The van der Waals surface area contributed by atoms with E-state index in [9.17, 15) is 4.79 Å². The second-order valence-corrected chi connectivity index (χ2v) is 7.57. The lowest BCUT2D eigenvalue weighted by Crippen LogP contribution is -2.28. The zero-order valence-electron chi connectivity index (χ0n) is 15.5. The highest BCUT2D eigenvalue weighted by Crippen LogP contribution is 2.32. The van der Waals surface area contributed by atoms with Gasteiger partial charge in [-0.25, -0.2) is 0 Å². The molecule has 25 heavy (non-hydrogen) atoms. The maximum Gasteiger partial charge on any atom is 0.197 e. The van der Waals surface area contributed by atoms with Gasteiger partial charge in [0.1, 0.15) is 0 Å². The van der Waals surface area contributed by atoms with Crippen LogP contribution in [0.25, 0.3) is 20.2 Å². The number of rotatable bonds is 6. The topological polar surface area (TPSA) is 32.3 Å². The lowest BCUT2D eigenvalue weighted by molar-refractivity contribution is 0.316. The number of nitrogens with one attached hydrogen (secondary N) is 1. The van der Waals surface area contributed by atoms with Gasteiger partial charge in [-0.05, 0) is 56.3 Å². The van der Waals surface area contributed by atoms with Crippen molar-refractivity contribution in [3.05, 3.63) is 51.7 Å². The molecule has 2 aromatic carbocycles. The van der Waals surface area contributed by atoms with Gasteiger partial charge in [0.15, 0.2) is 5.43 Å². The minimum absolute atomic E-state index is 0.137. The van der Waals surface area contributed by atoms with Gasteiger partial charge in [-0.15, -0.1) is 11.3 Å². The average Bonchev–Trinajstić information content (AvgIpc) is 2.60. The minimum atomic E-state index is 0.137. The summed E-state index contributed by atoms with van der Waals surface area (Å²) in [4.78, 5) is 15.5. The van der Waals surface area contributed by atoms with E-state index in [1.807, 2.05) is 18.2 Å². The van der Waals surface area contributed by atoms with Crippen LogP contribution in [0.1, 0.15) is 25.0 Å². The van der Waals surface area contributed by atoms with Gasteiger partial charge in [-0.3, -0.25) is 4.79 Å². The summed E-state index contributed by atoms with van der Waals surface area (Å²) in [7, 11) is 0. The summed E-state index contributed by atoms with van der Waals surface area (Å²) in [6.45, 7) is 12.4. The summed E-state index contributed by atoms with van der Waals surface area (Å²) in [5.41, 5.74) is 3.44. The number of nitrogens with zero attached hydrogens (tertiary/aromatic N) is 1. The van der Waals surface area contributed by atoms with Crippen molar-refractivity contribution in [3.8, 4) is 0 Å². The molecule has 0 saturated carbocycles. The Labute approximate surface area is 153 Å². The molecule has 0 amide bonds. The number of likely N-dealkylation sites (N-methyl/N-ethyl adjacent to an activating group) is 1. The summed E-state index contributed by atoms with van der Waals surface area (Å²) in [6.07, 6.45) is 0. The third kappa shape index (κ3) is 3.55. The van der Waals surface area contributed by atoms with Crippen LogP contribution < -0.4 is 10.7 Å². The van der Waals surface area contributed by atoms with E-state index in [0.717, 1.165) is 57.6 Å². The Bertz CT molecular complexity index is 957. The lowest BCUT2D eigenvalue weighted by Gasteiger charge is -2.19. The van der Waals surface area contributed by atoms with Gasteiger partial charge < -0.3 is 10.2 Å². The monoisotopic (exact) mass is 354 g/mol. The zero-order chi connectivity index (χ0) is 18.0. The maximum absolute atomic E-state index is 13.1. The lowest BCUT2D eigenvalue weighted by atomic mass is 10.1. The first-order valence-electron chi connectivity index (χ1n) is 8.98. The maximum atomic E-state index is 13.1. The van der Waals surface area contributed by atoms with Crippen molar-refractivity contribution in [2.45, 2.75) is 27.7 Å². The number of aryl methyl sites for hydroxylation is 2. The summed E-state index contributed by atoms with van der Waals surface area (Å²) < 4.78 is 2.16. The highest BCUT2D eigenvalue weighted by Gasteiger charge is 2.12. The van der Waals surface area contributed by atoms with Crippen LogP contribution in [0.4, 0.5) is 5.69 Å². The van der Waals surface area contributed by atoms with Gasteiger partial charge in [0.25, 0.3) is 0 Å². The van der Waals surface area contributed by atoms with Crippen molar-refractivity contribution >= 4 is 37.2 Å². The van der Waals surface area contributed by atoms with Gasteiger partial charge >= 0.3 is 0 Å². The molecule has 3 rings (SSSR count). The fourth-order valence-electron chi connectivity index (χ4n) is 3.23. The first-order valence-corrected chi connectivity index (χ1v) is 9.79. The molecule has 3 nitrogen and oxygen atoms in total. The van der Waals surface area contributed by atoms with Gasteiger partial charge in [0.2, 0.25) is 0 Å². The van der Waals surface area contributed by atoms with Crippen LogP contribution in [-0.4, -0.2) is 31.1 Å². The molecule has 0 aliphatic rings. The molecule has 132 valence electrons. The van der Waals surface area contributed by atoms with Crippen LogP contribution in [-0.2, 0) is 0 Å². The summed E-state index contributed by atoms with van der Waals surface area (Å²) >= 11 is 1.72. The van der Waals surface area contributed by atoms with E-state index in [0.29, 0.717) is 0 Å². The van der Waals surface area contributed by atoms with E-state index in [2.05, 4.69) is 50.0 Å². The first-order chi connectivity index (χ1) is 12.0. The fourth-order valence-corrected chi connectivity index (χ4v) is 4.50. The molecule has 1 heterocycles. The van der Waals surface area contributed by atoms with Crippen LogP contribution in [0, 0.1) is 13.8 Å². The highest BCUT2D eigenvalue weighted by atomic mass is 32.1. The zero-order valence-corrected chi connectivity index (χ0v) is 16.3. The van der Waals surface area contributed by atoms with Crippen molar-refractivity contribution in [2.75, 3.05) is 31.5 Å². The molecule has 0 radical (unpaired) electrons. The Morgan fingerprint density at radius 3 is 2.56 bits per heavy atom. The standard InChI is InChI=1S/C21H26N2OS/c1-5-23(6-2)12-11-22-17-10-8-15(4)21-19(17)20(24)16-9-7-14(3)13-18(16)25-21/h7-10,13,22H,5-6,11-12H2,1-4H3. The van der Waals surface area contributed by atoms with E-state index < -0.39 is 0 Å². The SMILES string of the molecule is CCN(CC)CCNc1ccc(C)c2sc3cc(C)ccc3c(=O)c12. The van der Waals surface area contributed by atoms with Gasteiger partial charge in [0, 0.05) is 33.6 Å². The van der Waals surface area contributed by atoms with Crippen LogP contribution >= 0.6 is 11.3 Å². The summed E-state index contributed by atoms with van der Waals surface area (Å²) in [5, 5.41) is 5.15. The summed E-state index contributed by atoms with van der Waals surface area (Å²) in [6, 6.07) is 10.3. The third-order valence-corrected chi connectivity index (χ3v) is 6.10. The Balaban J connectivity index is 2.06. The van der Waals surface area contributed by atoms with Crippen LogP contribution in [0.5, 0.6) is 0 Å². The number of hydrogen-bond acceptors (Lipinski definition) is 4. The normalized spacial score (nSPS) is 11.6. The fraction of sp³-hybridized carbons (Fsp3) is 0.381. The molecule has 0 fully saturated rings. The largest absolute Gasteiger partial charge is 0.383 e. The van der Waals surface area contributed by atoms with Crippen molar-refractivity contribution in [1.82, 2.24) is 4.90 Å². The average molecular weight is 355 g/mol. The van der Waals surface area contributed by atoms with Gasteiger partial charge in [-0.2, -0.15) is 0 Å². The quantitative estimate of drug-likeness (QED) is 0.646. The van der Waals surface area contributed by atoms with E-state index in [1.165, 1.54) is 5.56 Å². The minimum Gasteiger partial charge on any atom is -0.383 e.